The summed E-state index contributed by atoms with van der Waals surface area (Å²) in [6.45, 7) is 4.39. The Morgan fingerprint density at radius 1 is 1.45 bits per heavy atom. The van der Waals surface area contributed by atoms with E-state index in [2.05, 4.69) is 10.1 Å². The zero-order valence-electron chi connectivity index (χ0n) is 19.1. The second-order valence-electron chi connectivity index (χ2n) is 8.10. The first kappa shape index (κ1) is 28.1. The van der Waals surface area contributed by atoms with Gasteiger partial charge in [-0.1, -0.05) is 18.3 Å². The highest BCUT2D eigenvalue weighted by Crippen LogP contribution is 2.57. The van der Waals surface area contributed by atoms with Crippen LogP contribution in [-0.2, 0) is 23.4 Å². The van der Waals surface area contributed by atoms with Crippen LogP contribution in [0.2, 0.25) is 0 Å². The van der Waals surface area contributed by atoms with Gasteiger partial charge < -0.3 is 19.1 Å². The maximum atomic E-state index is 13.4. The number of aromatic nitrogens is 2. The van der Waals surface area contributed by atoms with E-state index in [9.17, 15) is 24.1 Å². The number of ether oxygens (including phenoxy) is 2. The lowest BCUT2D eigenvalue weighted by molar-refractivity contribution is -0.149. The largest absolute Gasteiger partial charge is 0.462 e. The average molecular weight is 528 g/mol. The molecule has 3 N–H and O–H groups in total. The van der Waals surface area contributed by atoms with E-state index in [-0.39, 0.29) is 12.7 Å². The molecular weight excluding hydrogens is 497 g/mol. The molecule has 1 aliphatic heterocycles. The molecule has 0 saturated carbocycles. The second-order valence-corrected chi connectivity index (χ2v) is 13.3. The van der Waals surface area contributed by atoms with E-state index in [1.807, 2.05) is 6.92 Å². The van der Waals surface area contributed by atoms with E-state index in [4.69, 9.17) is 25.6 Å². The minimum atomic E-state index is -3.60. The predicted octanol–water partition coefficient (Wildman–Crippen LogP) is 1.99. The smallest absolute Gasteiger partial charge is 0.330 e. The number of hydrogen-bond acceptors (Lipinski definition) is 9. The fourth-order valence-corrected chi connectivity index (χ4v) is 7.32. The number of aromatic amines is 1. The summed E-state index contributed by atoms with van der Waals surface area (Å²) in [5, 5.41) is 13.4. The molecule has 1 saturated heterocycles. The number of aliphatic hydroxyl groups is 1. The summed E-state index contributed by atoms with van der Waals surface area (Å²) in [6.07, 6.45) is -1.86. The van der Waals surface area contributed by atoms with E-state index >= 15 is 0 Å². The first-order valence-corrected chi connectivity index (χ1v) is 14.1. The van der Waals surface area contributed by atoms with Crippen LogP contribution in [0.25, 0.3) is 0 Å². The minimum Gasteiger partial charge on any atom is -0.462 e. The van der Waals surface area contributed by atoms with Crippen molar-refractivity contribution in [2.24, 2.45) is 0 Å². The van der Waals surface area contributed by atoms with Gasteiger partial charge in [-0.2, -0.15) is 0 Å². The normalized spacial score (nSPS) is 27.9. The molecule has 33 heavy (non-hydrogen) atoms. The number of carbonyl (C=O) groups is 1. The molecule has 1 aliphatic rings. The van der Waals surface area contributed by atoms with Gasteiger partial charge in [0.05, 0.1) is 12.7 Å². The third kappa shape index (κ3) is 7.17. The Morgan fingerprint density at radius 2 is 2.12 bits per heavy atom. The molecule has 188 valence electrons. The van der Waals surface area contributed by atoms with E-state index in [1.165, 1.54) is 20.0 Å². The van der Waals surface area contributed by atoms with E-state index in [0.717, 1.165) is 22.0 Å². The Kier molecular flexibility index (Phi) is 9.81. The van der Waals surface area contributed by atoms with Crippen LogP contribution in [0.5, 0.6) is 0 Å². The molecule has 1 unspecified atom stereocenters. The number of hydrogen-bond donors (Lipinski definition) is 3. The van der Waals surface area contributed by atoms with Crippen molar-refractivity contribution in [3.63, 3.8) is 0 Å². The molecule has 2 rings (SSSR count). The molecule has 1 fully saturated rings. The van der Waals surface area contributed by atoms with Gasteiger partial charge in [-0.05, 0) is 34.1 Å². The van der Waals surface area contributed by atoms with Crippen molar-refractivity contribution in [2.45, 2.75) is 76.5 Å². The molecule has 0 spiro atoms. The fourth-order valence-electron chi connectivity index (χ4n) is 3.08. The molecule has 0 aromatic carbocycles. The third-order valence-corrected chi connectivity index (χ3v) is 9.49. The minimum absolute atomic E-state index is 0.328. The monoisotopic (exact) mass is 527 g/mol. The summed E-state index contributed by atoms with van der Waals surface area (Å²) in [7, 11) is 0. The highest BCUT2D eigenvalue weighted by molar-refractivity contribution is 8.56. The molecule has 11 nitrogen and oxygen atoms in total. The molecule has 0 aliphatic carbocycles. The molecule has 0 amide bonds. The standard InChI is InChI=1S/C19H31ClN3O8PS/c1-6-9-33-32(28,22-12(4)16(26)30-11(2)3)29-10-13-15(25)19(5,20)17(31-13)23-8-7-14(24)21-18(23)27/h7-8,11-13,15,17,25H,6,9-10H2,1-5H3,(H,22,28)(H,21,24,27)/t12-,13+,15+,17+,19+,32?/m0/s1. The molecule has 0 radical (unpaired) electrons. The number of aliphatic hydroxyl groups excluding tert-OH is 1. The fraction of sp³-hybridized carbons (Fsp3) is 0.737. The van der Waals surface area contributed by atoms with Crippen molar-refractivity contribution in [1.82, 2.24) is 14.6 Å². The van der Waals surface area contributed by atoms with Gasteiger partial charge in [-0.3, -0.25) is 23.7 Å². The lowest BCUT2D eigenvalue weighted by atomic mass is 10.0. The summed E-state index contributed by atoms with van der Waals surface area (Å²) >= 11 is 7.52. The van der Waals surface area contributed by atoms with Crippen molar-refractivity contribution >= 4 is 35.7 Å². The van der Waals surface area contributed by atoms with Crippen molar-refractivity contribution in [1.29, 1.82) is 0 Å². The maximum Gasteiger partial charge on any atom is 0.330 e. The summed E-state index contributed by atoms with van der Waals surface area (Å²) in [6, 6.07) is 0.230. The number of H-pyrrole nitrogens is 1. The number of esters is 1. The van der Waals surface area contributed by atoms with Crippen LogP contribution in [-0.4, -0.2) is 62.2 Å². The van der Waals surface area contributed by atoms with Gasteiger partial charge in [0.1, 0.15) is 23.1 Å². The van der Waals surface area contributed by atoms with Crippen LogP contribution in [0.3, 0.4) is 0 Å². The summed E-state index contributed by atoms with van der Waals surface area (Å²) < 4.78 is 31.0. The molecule has 2 heterocycles. The van der Waals surface area contributed by atoms with Crippen molar-refractivity contribution < 1.29 is 28.5 Å². The van der Waals surface area contributed by atoms with E-state index in [1.54, 1.807) is 13.8 Å². The number of carbonyl (C=O) groups excluding carboxylic acids is 1. The van der Waals surface area contributed by atoms with Crippen LogP contribution < -0.4 is 16.3 Å². The lowest BCUT2D eigenvalue weighted by Gasteiger charge is -2.26. The summed E-state index contributed by atoms with van der Waals surface area (Å²) in [5.41, 5.74) is -1.34. The van der Waals surface area contributed by atoms with Gasteiger partial charge in [0, 0.05) is 18.0 Å². The first-order chi connectivity index (χ1) is 15.3. The number of rotatable bonds is 11. The van der Waals surface area contributed by atoms with Gasteiger partial charge in [0.2, 0.25) is 0 Å². The van der Waals surface area contributed by atoms with E-state index < -0.39 is 53.3 Å². The number of halogens is 1. The van der Waals surface area contributed by atoms with Crippen LogP contribution in [0.1, 0.15) is 47.3 Å². The Labute approximate surface area is 200 Å². The first-order valence-electron chi connectivity index (χ1n) is 10.5. The van der Waals surface area contributed by atoms with Crippen LogP contribution in [0.15, 0.2) is 21.9 Å². The Bertz CT molecular complexity index is 984. The van der Waals surface area contributed by atoms with Gasteiger partial charge in [0.25, 0.3) is 5.56 Å². The highest BCUT2D eigenvalue weighted by atomic mass is 35.5. The lowest BCUT2D eigenvalue weighted by Crippen LogP contribution is -2.43. The molecule has 0 bridgehead atoms. The van der Waals surface area contributed by atoms with Gasteiger partial charge in [-0.15, -0.1) is 11.6 Å². The van der Waals surface area contributed by atoms with Gasteiger partial charge in [-0.25, -0.2) is 9.88 Å². The Morgan fingerprint density at radius 3 is 2.70 bits per heavy atom. The molecular formula is C19H31ClN3O8PS. The van der Waals surface area contributed by atoms with Crippen LogP contribution in [0.4, 0.5) is 0 Å². The van der Waals surface area contributed by atoms with Gasteiger partial charge >= 0.3 is 18.4 Å². The zero-order chi connectivity index (χ0) is 25.0. The highest BCUT2D eigenvalue weighted by Gasteiger charge is 2.54. The van der Waals surface area contributed by atoms with Crippen LogP contribution in [0, 0.1) is 0 Å². The molecule has 1 aromatic rings. The number of nitrogens with zero attached hydrogens (tertiary/aromatic N) is 1. The third-order valence-electron chi connectivity index (χ3n) is 4.75. The van der Waals surface area contributed by atoms with Crippen molar-refractivity contribution in [3.05, 3.63) is 33.1 Å². The summed E-state index contributed by atoms with van der Waals surface area (Å²) in [5.74, 6) is -0.0821. The zero-order valence-corrected chi connectivity index (χ0v) is 21.6. The molecule has 6 atom stereocenters. The molecule has 1 aromatic heterocycles. The molecule has 14 heteroatoms. The van der Waals surface area contributed by atoms with Crippen LogP contribution >= 0.6 is 29.7 Å². The predicted molar refractivity (Wildman–Crippen MR) is 126 cm³/mol. The summed E-state index contributed by atoms with van der Waals surface area (Å²) in [4.78, 5) is 36.3. The van der Waals surface area contributed by atoms with E-state index in [0.29, 0.717) is 12.2 Å². The Balaban J connectivity index is 2.16. The van der Waals surface area contributed by atoms with Crippen molar-refractivity contribution in [2.75, 3.05) is 12.4 Å². The quantitative estimate of drug-likeness (QED) is 0.221. The SMILES string of the molecule is CCCSP(=O)(N[C@@H](C)C(=O)OC(C)C)OC[C@H]1O[C@@H](n2ccc(=O)[nH]c2=O)[C@](C)(Cl)[C@@H]1O. The topological polar surface area (TPSA) is 149 Å². The Hall–Kier alpha value is -1.14. The maximum absolute atomic E-state index is 13.4. The van der Waals surface area contributed by atoms with Gasteiger partial charge in [0.15, 0.2) is 6.23 Å². The second kappa shape index (κ2) is 11.5. The van der Waals surface area contributed by atoms with Crippen molar-refractivity contribution in [3.8, 4) is 0 Å². The average Bonchev–Trinajstić information content (AvgIpc) is 2.94. The number of alkyl halides is 1. The number of nitrogens with one attached hydrogen (secondary N) is 2.